The van der Waals surface area contributed by atoms with E-state index in [1.54, 1.807) is 19.1 Å². The summed E-state index contributed by atoms with van der Waals surface area (Å²) in [5, 5.41) is 0.332. The van der Waals surface area contributed by atoms with Gasteiger partial charge in [-0.3, -0.25) is 0 Å². The number of rotatable bonds is 4. The third kappa shape index (κ3) is 2.96. The summed E-state index contributed by atoms with van der Waals surface area (Å²) in [5.74, 6) is -0.496. The van der Waals surface area contributed by atoms with Gasteiger partial charge in [-0.25, -0.2) is 9.59 Å². The van der Waals surface area contributed by atoms with Crippen LogP contribution in [0.25, 0.3) is 11.3 Å². The van der Waals surface area contributed by atoms with Crippen molar-refractivity contribution >= 4 is 21.9 Å². The van der Waals surface area contributed by atoms with Crippen LogP contribution in [0.3, 0.4) is 0 Å². The first-order valence-corrected chi connectivity index (χ1v) is 7.21. The van der Waals surface area contributed by atoms with Gasteiger partial charge in [0.25, 0.3) is 0 Å². The summed E-state index contributed by atoms with van der Waals surface area (Å²) in [6.07, 6.45) is 0. The number of carbonyl (C=O) groups is 1. The average Bonchev–Trinajstić information content (AvgIpc) is 2.47. The van der Waals surface area contributed by atoms with Crippen molar-refractivity contribution in [1.82, 2.24) is 9.97 Å². The quantitative estimate of drug-likeness (QED) is 0.687. The van der Waals surface area contributed by atoms with E-state index < -0.39 is 11.7 Å². The van der Waals surface area contributed by atoms with Crippen LogP contribution in [-0.2, 0) is 10.1 Å². The lowest BCUT2D eigenvalue weighted by Crippen LogP contribution is -2.20. The second kappa shape index (κ2) is 6.47. The van der Waals surface area contributed by atoms with Crippen LogP contribution in [0.2, 0.25) is 0 Å². The maximum Gasteiger partial charge on any atom is 0.345 e. The molecule has 2 rings (SSSR count). The summed E-state index contributed by atoms with van der Waals surface area (Å²) in [4.78, 5) is 30.2. The molecule has 0 saturated heterocycles. The molecule has 0 spiro atoms. The first-order valence-electron chi connectivity index (χ1n) is 6.09. The number of halogens is 1. The maximum atomic E-state index is 12.1. The largest absolute Gasteiger partial charge is 0.462 e. The number of H-pyrrole nitrogens is 1. The number of alkyl halides is 1. The van der Waals surface area contributed by atoms with Crippen LogP contribution in [-0.4, -0.2) is 22.5 Å². The van der Waals surface area contributed by atoms with Crippen molar-refractivity contribution in [1.29, 1.82) is 0 Å². The van der Waals surface area contributed by atoms with Crippen molar-refractivity contribution in [2.45, 2.75) is 12.3 Å². The molecule has 5 nitrogen and oxygen atoms in total. The van der Waals surface area contributed by atoms with Gasteiger partial charge < -0.3 is 9.72 Å². The zero-order valence-electron chi connectivity index (χ0n) is 10.9. The Labute approximate surface area is 124 Å². The van der Waals surface area contributed by atoms with Gasteiger partial charge in [0, 0.05) is 16.6 Å². The van der Waals surface area contributed by atoms with Gasteiger partial charge in [0.05, 0.1) is 12.3 Å². The first kappa shape index (κ1) is 14.5. The number of hydrogen-bond donors (Lipinski definition) is 1. The molecule has 0 fully saturated rings. The summed E-state index contributed by atoms with van der Waals surface area (Å²) in [6.45, 7) is 1.99. The number of nitrogens with one attached hydrogen (secondary N) is 1. The Bertz CT molecular complexity index is 668. The number of carbonyl (C=O) groups excluding carboxylic acids is 1. The highest BCUT2D eigenvalue weighted by Crippen LogP contribution is 2.23. The number of aromatic nitrogens is 2. The maximum absolute atomic E-state index is 12.1. The Morgan fingerprint density at radius 1 is 1.35 bits per heavy atom. The van der Waals surface area contributed by atoms with Crippen molar-refractivity contribution in [2.24, 2.45) is 0 Å². The molecule has 0 aliphatic heterocycles. The molecule has 1 aromatic heterocycles. The minimum atomic E-state index is -0.496. The van der Waals surface area contributed by atoms with E-state index in [4.69, 9.17) is 4.74 Å². The lowest BCUT2D eigenvalue weighted by atomic mass is 10.0. The molecule has 0 amide bonds. The lowest BCUT2D eigenvalue weighted by molar-refractivity contribution is 0.0525. The fourth-order valence-electron chi connectivity index (χ4n) is 1.85. The zero-order chi connectivity index (χ0) is 14.5. The van der Waals surface area contributed by atoms with E-state index in [0.29, 0.717) is 22.3 Å². The molecule has 6 heteroatoms. The van der Waals surface area contributed by atoms with Gasteiger partial charge in [-0.2, -0.15) is 4.98 Å². The third-order valence-corrected chi connectivity index (χ3v) is 3.23. The molecule has 20 heavy (non-hydrogen) atoms. The van der Waals surface area contributed by atoms with Crippen LogP contribution in [0.5, 0.6) is 0 Å². The van der Waals surface area contributed by atoms with E-state index in [-0.39, 0.29) is 12.2 Å². The number of ether oxygens (including phenoxy) is 1. The number of nitrogens with zero attached hydrogens (tertiary/aromatic N) is 1. The Hall–Kier alpha value is -1.95. The zero-order valence-corrected chi connectivity index (χ0v) is 12.4. The highest BCUT2D eigenvalue weighted by Gasteiger charge is 2.21. The van der Waals surface area contributed by atoms with E-state index >= 15 is 0 Å². The first-order chi connectivity index (χ1) is 9.67. The van der Waals surface area contributed by atoms with E-state index in [1.807, 2.05) is 18.2 Å². The summed E-state index contributed by atoms with van der Waals surface area (Å²) in [5.41, 5.74) is 1.29. The summed E-state index contributed by atoms with van der Waals surface area (Å²) >= 11 is 3.26. The van der Waals surface area contributed by atoms with Crippen LogP contribution >= 0.6 is 15.9 Å². The Kier molecular flexibility index (Phi) is 4.68. The van der Waals surface area contributed by atoms with Gasteiger partial charge in [-0.15, -0.1) is 0 Å². The molecule has 1 N–H and O–H groups in total. The van der Waals surface area contributed by atoms with Gasteiger partial charge >= 0.3 is 11.7 Å². The monoisotopic (exact) mass is 336 g/mol. The standard InChI is InChI=1S/C14H13BrN2O3/c1-2-20-13(18)11-10(8-15)16-14(19)17-12(11)9-6-4-3-5-7-9/h3-7H,2,8H2,1H3,(H,16,17,19). The SMILES string of the molecule is CCOC(=O)c1c(-c2ccccc2)nc(=O)[nH]c1CBr. The van der Waals surface area contributed by atoms with Crippen molar-refractivity contribution in [3.63, 3.8) is 0 Å². The molecule has 104 valence electrons. The number of esters is 1. The van der Waals surface area contributed by atoms with Gasteiger partial charge in [-0.1, -0.05) is 46.3 Å². The van der Waals surface area contributed by atoms with E-state index in [0.717, 1.165) is 0 Å². The topological polar surface area (TPSA) is 72.0 Å². The highest BCUT2D eigenvalue weighted by molar-refractivity contribution is 9.08. The summed E-state index contributed by atoms with van der Waals surface area (Å²) < 4.78 is 5.05. The normalized spacial score (nSPS) is 10.3. The number of benzene rings is 1. The highest BCUT2D eigenvalue weighted by atomic mass is 79.9. The van der Waals surface area contributed by atoms with E-state index in [1.165, 1.54) is 0 Å². The molecule has 1 aromatic carbocycles. The summed E-state index contributed by atoms with van der Waals surface area (Å²) in [7, 11) is 0. The molecule has 0 saturated carbocycles. The predicted molar refractivity (Wildman–Crippen MR) is 78.9 cm³/mol. The molecule has 0 atom stereocenters. The fourth-order valence-corrected chi connectivity index (χ4v) is 2.27. The van der Waals surface area contributed by atoms with E-state index in [2.05, 4.69) is 25.9 Å². The fraction of sp³-hybridized carbons (Fsp3) is 0.214. The van der Waals surface area contributed by atoms with Crippen molar-refractivity contribution in [3.8, 4) is 11.3 Å². The van der Waals surface area contributed by atoms with Crippen LogP contribution in [0.1, 0.15) is 23.0 Å². The minimum absolute atomic E-state index is 0.258. The van der Waals surface area contributed by atoms with Crippen LogP contribution < -0.4 is 5.69 Å². The second-order valence-corrected chi connectivity index (χ2v) is 4.52. The van der Waals surface area contributed by atoms with Crippen molar-refractivity contribution < 1.29 is 9.53 Å². The van der Waals surface area contributed by atoms with Crippen LogP contribution in [0, 0.1) is 0 Å². The third-order valence-electron chi connectivity index (χ3n) is 2.67. The van der Waals surface area contributed by atoms with Gasteiger partial charge in [-0.05, 0) is 6.92 Å². The molecular formula is C14H13BrN2O3. The van der Waals surface area contributed by atoms with Gasteiger partial charge in [0.2, 0.25) is 0 Å². The summed E-state index contributed by atoms with van der Waals surface area (Å²) in [6, 6.07) is 9.08. The Morgan fingerprint density at radius 3 is 2.65 bits per heavy atom. The van der Waals surface area contributed by atoms with Crippen LogP contribution in [0.15, 0.2) is 35.1 Å². The minimum Gasteiger partial charge on any atom is -0.462 e. The predicted octanol–water partition coefficient (Wildman–Crippen LogP) is 2.51. The van der Waals surface area contributed by atoms with Crippen molar-refractivity contribution in [2.75, 3.05) is 6.61 Å². The van der Waals surface area contributed by atoms with E-state index in [9.17, 15) is 9.59 Å². The number of hydrogen-bond acceptors (Lipinski definition) is 4. The Balaban J connectivity index is 2.68. The molecular weight excluding hydrogens is 324 g/mol. The molecule has 0 radical (unpaired) electrons. The molecule has 0 unspecified atom stereocenters. The van der Waals surface area contributed by atoms with Gasteiger partial charge in [0.1, 0.15) is 5.56 Å². The smallest absolute Gasteiger partial charge is 0.345 e. The lowest BCUT2D eigenvalue weighted by Gasteiger charge is -2.11. The average molecular weight is 337 g/mol. The van der Waals surface area contributed by atoms with Gasteiger partial charge in [0.15, 0.2) is 0 Å². The molecule has 1 heterocycles. The van der Waals surface area contributed by atoms with Crippen LogP contribution in [0.4, 0.5) is 0 Å². The molecule has 2 aromatic rings. The molecule has 0 bridgehead atoms. The molecule has 0 aliphatic rings. The Morgan fingerprint density at radius 2 is 2.05 bits per heavy atom. The van der Waals surface area contributed by atoms with Crippen molar-refractivity contribution in [3.05, 3.63) is 52.1 Å². The second-order valence-electron chi connectivity index (χ2n) is 3.96. The number of aromatic amines is 1. The molecule has 0 aliphatic carbocycles.